The van der Waals surface area contributed by atoms with Gasteiger partial charge in [0.05, 0.1) is 17.5 Å². The van der Waals surface area contributed by atoms with Crippen molar-refractivity contribution in [2.24, 2.45) is 0 Å². The van der Waals surface area contributed by atoms with Crippen LogP contribution < -0.4 is 0 Å². The van der Waals surface area contributed by atoms with E-state index in [-0.39, 0.29) is 0 Å². The molecule has 0 aliphatic carbocycles. The first-order valence-corrected chi connectivity index (χ1v) is 7.18. The molecule has 0 saturated heterocycles. The third-order valence-electron chi connectivity index (χ3n) is 3.77. The smallest absolute Gasteiger partial charge is 0.113 e. The summed E-state index contributed by atoms with van der Waals surface area (Å²) in [6.07, 6.45) is 4.74. The monoisotopic (exact) mass is 289 g/mol. The van der Waals surface area contributed by atoms with E-state index in [1.807, 2.05) is 25.5 Å². The molecular formula is C17H15N5. The number of imidazole rings is 1. The number of hydrogen-bond acceptors (Lipinski definition) is 3. The zero-order valence-electron chi connectivity index (χ0n) is 12.2. The minimum absolute atomic E-state index is 0.843. The van der Waals surface area contributed by atoms with E-state index in [4.69, 9.17) is 0 Å². The molecule has 0 radical (unpaired) electrons. The van der Waals surface area contributed by atoms with Gasteiger partial charge in [-0.15, -0.1) is 5.10 Å². The Bertz CT molecular complexity index is 935. The fourth-order valence-electron chi connectivity index (χ4n) is 2.68. The highest BCUT2D eigenvalue weighted by molar-refractivity contribution is 5.74. The molecule has 2 aromatic heterocycles. The zero-order valence-corrected chi connectivity index (χ0v) is 12.2. The largest absolute Gasteiger partial charge is 0.306 e. The van der Waals surface area contributed by atoms with Gasteiger partial charge in [-0.3, -0.25) is 5.10 Å². The Kier molecular flexibility index (Phi) is 2.96. The van der Waals surface area contributed by atoms with Crippen LogP contribution in [-0.4, -0.2) is 25.0 Å². The van der Waals surface area contributed by atoms with E-state index in [2.05, 4.69) is 61.4 Å². The van der Waals surface area contributed by atoms with Crippen LogP contribution >= 0.6 is 0 Å². The second-order valence-corrected chi connectivity index (χ2v) is 5.39. The van der Waals surface area contributed by atoms with Gasteiger partial charge in [-0.1, -0.05) is 29.5 Å². The van der Waals surface area contributed by atoms with Crippen molar-refractivity contribution in [1.82, 2.24) is 25.0 Å². The van der Waals surface area contributed by atoms with Gasteiger partial charge in [0, 0.05) is 11.9 Å². The number of fused-ring (bicyclic) bond motifs is 1. The number of aromatic nitrogens is 5. The van der Waals surface area contributed by atoms with E-state index in [1.54, 1.807) is 0 Å². The van der Waals surface area contributed by atoms with E-state index < -0.39 is 0 Å². The predicted octanol–water partition coefficient (Wildman–Crippen LogP) is 3.04. The number of aryl methyl sites for hydroxylation is 1. The minimum Gasteiger partial charge on any atom is -0.306 e. The maximum absolute atomic E-state index is 4.32. The molecule has 5 nitrogen and oxygen atoms in total. The summed E-state index contributed by atoms with van der Waals surface area (Å²) < 4.78 is 2.07. The lowest BCUT2D eigenvalue weighted by Crippen LogP contribution is -1.98. The van der Waals surface area contributed by atoms with Gasteiger partial charge < -0.3 is 4.57 Å². The quantitative estimate of drug-likeness (QED) is 0.630. The van der Waals surface area contributed by atoms with E-state index in [0.717, 1.165) is 28.8 Å². The Morgan fingerprint density at radius 1 is 1.14 bits per heavy atom. The lowest BCUT2D eigenvalue weighted by molar-refractivity contribution is 0.959. The van der Waals surface area contributed by atoms with Crippen molar-refractivity contribution < 1.29 is 0 Å². The summed E-state index contributed by atoms with van der Waals surface area (Å²) in [6, 6.07) is 14.6. The topological polar surface area (TPSA) is 59.4 Å². The number of nitrogens with zero attached hydrogens (tertiary/aromatic N) is 4. The van der Waals surface area contributed by atoms with Crippen LogP contribution in [0.25, 0.3) is 16.7 Å². The Hall–Kier alpha value is -2.95. The fourth-order valence-corrected chi connectivity index (χ4v) is 2.68. The minimum atomic E-state index is 0.843. The summed E-state index contributed by atoms with van der Waals surface area (Å²) >= 11 is 0. The van der Waals surface area contributed by atoms with Crippen molar-refractivity contribution in [2.45, 2.75) is 13.3 Å². The van der Waals surface area contributed by atoms with Crippen LogP contribution in [-0.2, 0) is 6.42 Å². The number of nitrogens with one attached hydrogen (secondary N) is 1. The summed E-state index contributed by atoms with van der Waals surface area (Å²) in [5.74, 6) is 0. The molecule has 0 amide bonds. The van der Waals surface area contributed by atoms with Gasteiger partial charge in [0.15, 0.2) is 0 Å². The number of para-hydroxylation sites is 1. The lowest BCUT2D eigenvalue weighted by atomic mass is 10.0. The first-order valence-electron chi connectivity index (χ1n) is 7.18. The summed E-state index contributed by atoms with van der Waals surface area (Å²) in [4.78, 5) is 4.32. The second kappa shape index (κ2) is 5.11. The second-order valence-electron chi connectivity index (χ2n) is 5.39. The molecule has 0 saturated carbocycles. The highest BCUT2D eigenvalue weighted by Crippen LogP contribution is 2.20. The number of hydrogen-bond donors (Lipinski definition) is 1. The molecule has 22 heavy (non-hydrogen) atoms. The number of benzene rings is 2. The Balaban J connectivity index is 1.73. The highest BCUT2D eigenvalue weighted by atomic mass is 15.3. The van der Waals surface area contributed by atoms with Crippen LogP contribution in [0.3, 0.4) is 0 Å². The normalized spacial score (nSPS) is 11.1. The van der Waals surface area contributed by atoms with Crippen molar-refractivity contribution in [2.75, 3.05) is 0 Å². The average molecular weight is 289 g/mol. The van der Waals surface area contributed by atoms with Crippen LogP contribution in [0.5, 0.6) is 0 Å². The number of rotatable bonds is 3. The Labute approximate surface area is 127 Å². The van der Waals surface area contributed by atoms with Crippen molar-refractivity contribution in [3.05, 3.63) is 71.8 Å². The predicted molar refractivity (Wildman–Crippen MR) is 85.0 cm³/mol. The van der Waals surface area contributed by atoms with Crippen LogP contribution in [0, 0.1) is 6.92 Å². The van der Waals surface area contributed by atoms with Crippen molar-refractivity contribution >= 4 is 11.0 Å². The van der Waals surface area contributed by atoms with E-state index in [1.165, 1.54) is 11.1 Å². The molecule has 0 bridgehead atoms. The molecule has 0 aliphatic heterocycles. The molecule has 2 heterocycles. The van der Waals surface area contributed by atoms with E-state index >= 15 is 0 Å². The highest BCUT2D eigenvalue weighted by Gasteiger charge is 2.07. The summed E-state index contributed by atoms with van der Waals surface area (Å²) in [5, 5.41) is 10.8. The molecule has 0 spiro atoms. The molecule has 0 aliphatic rings. The molecule has 4 rings (SSSR count). The van der Waals surface area contributed by atoms with Crippen LogP contribution in [0.15, 0.2) is 55.0 Å². The van der Waals surface area contributed by atoms with Gasteiger partial charge >= 0.3 is 0 Å². The standard InChI is InChI=1S/C17H15N5/c1-12-10-22(11-18-12)17-5-3-2-4-14(17)8-13-6-7-15-16(9-13)20-21-19-15/h2-7,9-11H,8H2,1H3,(H,19,20,21). The van der Waals surface area contributed by atoms with Crippen molar-refractivity contribution in [3.8, 4) is 5.69 Å². The number of H-pyrrole nitrogens is 1. The summed E-state index contributed by atoms with van der Waals surface area (Å²) in [5.41, 5.74) is 6.49. The first-order chi connectivity index (χ1) is 10.8. The van der Waals surface area contributed by atoms with Crippen molar-refractivity contribution in [3.63, 3.8) is 0 Å². The van der Waals surface area contributed by atoms with E-state index in [0.29, 0.717) is 0 Å². The van der Waals surface area contributed by atoms with Gasteiger partial charge in [-0.25, -0.2) is 4.98 Å². The van der Waals surface area contributed by atoms with Crippen LogP contribution in [0.4, 0.5) is 0 Å². The van der Waals surface area contributed by atoms with Gasteiger partial charge in [0.1, 0.15) is 5.52 Å². The Morgan fingerprint density at radius 2 is 2.05 bits per heavy atom. The maximum atomic E-state index is 4.32. The zero-order chi connectivity index (χ0) is 14.9. The molecule has 108 valence electrons. The van der Waals surface area contributed by atoms with E-state index in [9.17, 15) is 0 Å². The molecule has 5 heteroatoms. The van der Waals surface area contributed by atoms with Gasteiger partial charge in [0.2, 0.25) is 0 Å². The maximum Gasteiger partial charge on any atom is 0.113 e. The Morgan fingerprint density at radius 3 is 2.91 bits per heavy atom. The van der Waals surface area contributed by atoms with Crippen LogP contribution in [0.1, 0.15) is 16.8 Å². The van der Waals surface area contributed by atoms with Gasteiger partial charge in [0.25, 0.3) is 0 Å². The first kappa shape index (κ1) is 12.8. The molecule has 0 fully saturated rings. The molecule has 0 atom stereocenters. The molecule has 4 aromatic rings. The van der Waals surface area contributed by atoms with Crippen molar-refractivity contribution in [1.29, 1.82) is 0 Å². The van der Waals surface area contributed by atoms with Gasteiger partial charge in [-0.05, 0) is 42.7 Å². The lowest BCUT2D eigenvalue weighted by Gasteiger charge is -2.10. The summed E-state index contributed by atoms with van der Waals surface area (Å²) in [6.45, 7) is 2.00. The fraction of sp³-hybridized carbons (Fsp3) is 0.118. The number of aromatic amines is 1. The SMILES string of the molecule is Cc1cn(-c2ccccc2Cc2ccc3[nH]nnc3c2)cn1. The molecule has 2 aromatic carbocycles. The molecule has 0 unspecified atom stereocenters. The molecular weight excluding hydrogens is 274 g/mol. The average Bonchev–Trinajstić information content (AvgIpc) is 3.16. The van der Waals surface area contributed by atoms with Gasteiger partial charge in [-0.2, -0.15) is 0 Å². The molecule has 1 N–H and O–H groups in total. The third kappa shape index (κ3) is 2.26. The van der Waals surface area contributed by atoms with Crippen LogP contribution in [0.2, 0.25) is 0 Å². The third-order valence-corrected chi connectivity index (χ3v) is 3.77. The summed E-state index contributed by atoms with van der Waals surface area (Å²) in [7, 11) is 0.